The van der Waals surface area contributed by atoms with E-state index in [1.54, 1.807) is 18.2 Å². The second-order valence-electron chi connectivity index (χ2n) is 4.98. The average molecular weight is 322 g/mol. The van der Waals surface area contributed by atoms with Gasteiger partial charge in [-0.15, -0.1) is 0 Å². The highest BCUT2D eigenvalue weighted by Crippen LogP contribution is 2.26. The van der Waals surface area contributed by atoms with Crippen LogP contribution in [-0.4, -0.2) is 18.0 Å². The molecule has 1 saturated heterocycles. The highest BCUT2D eigenvalue weighted by atomic mass is 79.9. The summed E-state index contributed by atoms with van der Waals surface area (Å²) in [6, 6.07) is 7.20. The molecule has 1 aromatic carbocycles. The van der Waals surface area contributed by atoms with E-state index in [0.717, 1.165) is 30.3 Å². The Morgan fingerprint density at radius 1 is 1.53 bits per heavy atom. The van der Waals surface area contributed by atoms with E-state index < -0.39 is 5.54 Å². The summed E-state index contributed by atoms with van der Waals surface area (Å²) in [6.07, 6.45) is 3.02. The van der Waals surface area contributed by atoms with Gasteiger partial charge in [-0.1, -0.05) is 0 Å². The third-order valence-electron chi connectivity index (χ3n) is 3.47. The molecule has 1 amide bonds. The Balaban J connectivity index is 2.13. The first kappa shape index (κ1) is 14.0. The summed E-state index contributed by atoms with van der Waals surface area (Å²) in [5.74, 6) is -0.0300. The lowest BCUT2D eigenvalue weighted by atomic mass is 9.90. The van der Waals surface area contributed by atoms with Crippen LogP contribution in [0, 0.1) is 11.3 Å². The van der Waals surface area contributed by atoms with Gasteiger partial charge in [-0.3, -0.25) is 4.79 Å². The minimum absolute atomic E-state index is 0.0300. The summed E-state index contributed by atoms with van der Waals surface area (Å²) in [4.78, 5) is 12.3. The molecule has 0 bridgehead atoms. The fraction of sp³-hybridized carbons (Fsp3) is 0.429. The second kappa shape index (κ2) is 5.72. The molecule has 2 rings (SSSR count). The maximum atomic E-state index is 12.3. The molecule has 0 aliphatic carbocycles. The van der Waals surface area contributed by atoms with Crippen LogP contribution in [0.1, 0.15) is 31.7 Å². The van der Waals surface area contributed by atoms with Crippen LogP contribution >= 0.6 is 15.9 Å². The van der Waals surface area contributed by atoms with E-state index in [-0.39, 0.29) is 5.91 Å². The quantitative estimate of drug-likeness (QED) is 0.880. The summed E-state index contributed by atoms with van der Waals surface area (Å²) in [5.41, 5.74) is 0.746. The van der Waals surface area contributed by atoms with Crippen LogP contribution in [0.2, 0.25) is 0 Å². The third kappa shape index (κ3) is 3.14. The topological polar surface area (TPSA) is 64.9 Å². The Kier molecular flexibility index (Phi) is 4.23. The van der Waals surface area contributed by atoms with Crippen molar-refractivity contribution >= 4 is 27.5 Å². The number of carbonyl (C=O) groups is 1. The van der Waals surface area contributed by atoms with Crippen molar-refractivity contribution in [2.75, 3.05) is 11.9 Å². The molecular formula is C14H16BrN3O. The lowest BCUT2D eigenvalue weighted by Crippen LogP contribution is -2.54. The number of piperidine rings is 1. The summed E-state index contributed by atoms with van der Waals surface area (Å²) >= 11 is 3.37. The average Bonchev–Trinajstić information content (AvgIpc) is 2.41. The van der Waals surface area contributed by atoms with E-state index in [1.807, 2.05) is 6.92 Å². The van der Waals surface area contributed by atoms with Gasteiger partial charge in [0.25, 0.3) is 0 Å². The first-order valence-corrected chi connectivity index (χ1v) is 7.10. The molecule has 0 saturated carbocycles. The molecule has 5 heteroatoms. The van der Waals surface area contributed by atoms with Crippen LogP contribution in [0.25, 0.3) is 0 Å². The fourth-order valence-electron chi connectivity index (χ4n) is 2.20. The van der Waals surface area contributed by atoms with Gasteiger partial charge in [-0.05, 0) is 66.9 Å². The molecule has 1 aliphatic rings. The van der Waals surface area contributed by atoms with Gasteiger partial charge in [0, 0.05) is 4.47 Å². The fourth-order valence-corrected chi connectivity index (χ4v) is 2.67. The number of carbonyl (C=O) groups excluding carboxylic acids is 1. The first-order chi connectivity index (χ1) is 9.05. The molecule has 4 nitrogen and oxygen atoms in total. The van der Waals surface area contributed by atoms with Crippen molar-refractivity contribution in [3.8, 4) is 6.07 Å². The molecule has 1 heterocycles. The van der Waals surface area contributed by atoms with Crippen molar-refractivity contribution in [2.24, 2.45) is 0 Å². The largest absolute Gasteiger partial charge is 0.323 e. The van der Waals surface area contributed by atoms with Crippen LogP contribution in [0.15, 0.2) is 22.7 Å². The molecule has 0 aromatic heterocycles. The van der Waals surface area contributed by atoms with Gasteiger partial charge in [0.05, 0.1) is 22.9 Å². The van der Waals surface area contributed by atoms with E-state index in [2.05, 4.69) is 32.6 Å². The Hall–Kier alpha value is -1.38. The Bertz CT molecular complexity index is 530. The molecule has 1 atom stereocenters. The van der Waals surface area contributed by atoms with Crippen molar-refractivity contribution < 1.29 is 4.79 Å². The molecule has 1 aliphatic heterocycles. The predicted octanol–water partition coefficient (Wildman–Crippen LogP) is 2.79. The molecule has 1 aromatic rings. The molecule has 0 spiro atoms. The molecular weight excluding hydrogens is 306 g/mol. The SMILES string of the molecule is CC1(C(=O)Nc2ccc(C#N)cc2Br)CCCCN1. The third-order valence-corrected chi connectivity index (χ3v) is 4.12. The van der Waals surface area contributed by atoms with Crippen LogP contribution in [0.3, 0.4) is 0 Å². The number of anilines is 1. The number of benzene rings is 1. The number of hydrogen-bond acceptors (Lipinski definition) is 3. The van der Waals surface area contributed by atoms with Gasteiger partial charge in [0.2, 0.25) is 5.91 Å². The summed E-state index contributed by atoms with van der Waals surface area (Å²) in [5, 5.41) is 15.0. The second-order valence-corrected chi connectivity index (χ2v) is 5.83. The number of nitriles is 1. The zero-order valence-electron chi connectivity index (χ0n) is 10.8. The Morgan fingerprint density at radius 3 is 2.89 bits per heavy atom. The maximum Gasteiger partial charge on any atom is 0.244 e. The van der Waals surface area contributed by atoms with Crippen LogP contribution < -0.4 is 10.6 Å². The van der Waals surface area contributed by atoms with Crippen LogP contribution in [0.5, 0.6) is 0 Å². The normalized spacial score (nSPS) is 22.6. The van der Waals surface area contributed by atoms with Gasteiger partial charge in [-0.25, -0.2) is 0 Å². The van der Waals surface area contributed by atoms with Gasteiger partial charge < -0.3 is 10.6 Å². The molecule has 1 unspecified atom stereocenters. The monoisotopic (exact) mass is 321 g/mol. The van der Waals surface area contributed by atoms with Gasteiger partial charge in [-0.2, -0.15) is 5.26 Å². The van der Waals surface area contributed by atoms with Crippen molar-refractivity contribution in [1.29, 1.82) is 5.26 Å². The molecule has 100 valence electrons. The molecule has 0 radical (unpaired) electrons. The predicted molar refractivity (Wildman–Crippen MR) is 77.7 cm³/mol. The van der Waals surface area contributed by atoms with Gasteiger partial charge in [0.1, 0.15) is 0 Å². The minimum atomic E-state index is -0.508. The highest BCUT2D eigenvalue weighted by Gasteiger charge is 2.34. The highest BCUT2D eigenvalue weighted by molar-refractivity contribution is 9.10. The van der Waals surface area contributed by atoms with Crippen molar-refractivity contribution in [3.63, 3.8) is 0 Å². The number of nitrogens with zero attached hydrogens (tertiary/aromatic N) is 1. The number of amides is 1. The van der Waals surface area contributed by atoms with Crippen LogP contribution in [-0.2, 0) is 4.79 Å². The smallest absolute Gasteiger partial charge is 0.244 e. The van der Waals surface area contributed by atoms with Crippen molar-refractivity contribution in [1.82, 2.24) is 5.32 Å². The van der Waals surface area contributed by atoms with E-state index >= 15 is 0 Å². The number of halogens is 1. The first-order valence-electron chi connectivity index (χ1n) is 6.31. The van der Waals surface area contributed by atoms with E-state index in [4.69, 9.17) is 5.26 Å². The van der Waals surface area contributed by atoms with Crippen molar-refractivity contribution in [3.05, 3.63) is 28.2 Å². The standard InChI is InChI=1S/C14H16BrN3O/c1-14(6-2-3-7-17-14)13(19)18-12-5-4-10(9-16)8-11(12)15/h4-5,8,17H,2-3,6-7H2,1H3,(H,18,19). The lowest BCUT2D eigenvalue weighted by molar-refractivity contribution is -0.122. The summed E-state index contributed by atoms with van der Waals surface area (Å²) in [6.45, 7) is 2.80. The maximum absolute atomic E-state index is 12.3. The van der Waals surface area contributed by atoms with Gasteiger partial charge in [0.15, 0.2) is 0 Å². The van der Waals surface area contributed by atoms with E-state index in [1.165, 1.54) is 0 Å². The van der Waals surface area contributed by atoms with Crippen molar-refractivity contribution in [2.45, 2.75) is 31.7 Å². The molecule has 2 N–H and O–H groups in total. The van der Waals surface area contributed by atoms with Gasteiger partial charge >= 0.3 is 0 Å². The lowest BCUT2D eigenvalue weighted by Gasteiger charge is -2.33. The zero-order valence-corrected chi connectivity index (χ0v) is 12.4. The minimum Gasteiger partial charge on any atom is -0.323 e. The van der Waals surface area contributed by atoms with E-state index in [9.17, 15) is 4.79 Å². The number of rotatable bonds is 2. The zero-order chi connectivity index (χ0) is 13.9. The summed E-state index contributed by atoms with van der Waals surface area (Å²) < 4.78 is 0.722. The molecule has 1 fully saturated rings. The molecule has 19 heavy (non-hydrogen) atoms. The Labute approximate surface area is 121 Å². The van der Waals surface area contributed by atoms with Crippen LogP contribution in [0.4, 0.5) is 5.69 Å². The van der Waals surface area contributed by atoms with E-state index in [0.29, 0.717) is 11.3 Å². The Morgan fingerprint density at radius 2 is 2.32 bits per heavy atom. The number of hydrogen-bond donors (Lipinski definition) is 2. The summed E-state index contributed by atoms with van der Waals surface area (Å²) in [7, 11) is 0. The number of nitrogens with one attached hydrogen (secondary N) is 2.